The second kappa shape index (κ2) is 5.66. The van der Waals surface area contributed by atoms with E-state index in [1.54, 1.807) is 6.07 Å². The first-order valence-corrected chi connectivity index (χ1v) is 6.52. The van der Waals surface area contributed by atoms with E-state index in [0.29, 0.717) is 23.5 Å². The topological polar surface area (TPSA) is 51.8 Å². The van der Waals surface area contributed by atoms with Gasteiger partial charge in [0, 0.05) is 12.0 Å². The quantitative estimate of drug-likeness (QED) is 0.940. The standard InChI is InChI=1S/C12H12F3N3S/c13-12(14,15)9-4-1-3-8(7-9)11-18-17-10(19-11)5-2-6-16/h1,3-4,7H,2,5-6,16H2. The molecule has 0 aliphatic heterocycles. The third-order valence-corrected chi connectivity index (χ3v) is 3.53. The van der Waals surface area contributed by atoms with Crippen molar-refractivity contribution in [1.29, 1.82) is 0 Å². The first kappa shape index (κ1) is 14.0. The average Bonchev–Trinajstić information content (AvgIpc) is 2.84. The van der Waals surface area contributed by atoms with Crippen molar-refractivity contribution in [3.63, 3.8) is 0 Å². The van der Waals surface area contributed by atoms with Crippen LogP contribution in [0.5, 0.6) is 0 Å². The van der Waals surface area contributed by atoms with Crippen molar-refractivity contribution in [2.75, 3.05) is 6.54 Å². The maximum absolute atomic E-state index is 12.6. The Labute approximate surface area is 112 Å². The van der Waals surface area contributed by atoms with Crippen molar-refractivity contribution in [3.8, 4) is 10.6 Å². The van der Waals surface area contributed by atoms with Gasteiger partial charge in [-0.3, -0.25) is 0 Å². The molecule has 0 atom stereocenters. The minimum Gasteiger partial charge on any atom is -0.330 e. The molecule has 0 radical (unpaired) electrons. The van der Waals surface area contributed by atoms with E-state index in [2.05, 4.69) is 10.2 Å². The molecule has 0 aliphatic rings. The van der Waals surface area contributed by atoms with Gasteiger partial charge in [-0.05, 0) is 25.1 Å². The Bertz CT molecular complexity index is 551. The zero-order valence-corrected chi connectivity index (χ0v) is 10.8. The lowest BCUT2D eigenvalue weighted by Gasteiger charge is -2.06. The number of nitrogens with zero attached hydrogens (tertiary/aromatic N) is 2. The Morgan fingerprint density at radius 1 is 1.21 bits per heavy atom. The molecular formula is C12H12F3N3S. The molecular weight excluding hydrogens is 275 g/mol. The molecule has 1 heterocycles. The smallest absolute Gasteiger partial charge is 0.330 e. The number of aromatic nitrogens is 2. The minimum atomic E-state index is -4.34. The van der Waals surface area contributed by atoms with E-state index in [1.165, 1.54) is 17.4 Å². The van der Waals surface area contributed by atoms with E-state index in [4.69, 9.17) is 5.73 Å². The first-order valence-electron chi connectivity index (χ1n) is 5.71. The summed E-state index contributed by atoms with van der Waals surface area (Å²) in [5.41, 5.74) is 5.15. The van der Waals surface area contributed by atoms with Crippen LogP contribution in [0.3, 0.4) is 0 Å². The molecule has 0 bridgehead atoms. The number of nitrogens with two attached hydrogens (primary N) is 1. The maximum Gasteiger partial charge on any atom is 0.416 e. The monoisotopic (exact) mass is 287 g/mol. The van der Waals surface area contributed by atoms with Crippen LogP contribution in [0.2, 0.25) is 0 Å². The summed E-state index contributed by atoms with van der Waals surface area (Å²) in [6, 6.07) is 5.11. The van der Waals surface area contributed by atoms with Crippen molar-refractivity contribution < 1.29 is 13.2 Å². The van der Waals surface area contributed by atoms with Crippen molar-refractivity contribution in [1.82, 2.24) is 10.2 Å². The van der Waals surface area contributed by atoms with Gasteiger partial charge < -0.3 is 5.73 Å². The van der Waals surface area contributed by atoms with Crippen LogP contribution in [0.25, 0.3) is 10.6 Å². The molecule has 7 heteroatoms. The van der Waals surface area contributed by atoms with Gasteiger partial charge in [-0.1, -0.05) is 23.5 Å². The number of rotatable bonds is 4. The lowest BCUT2D eigenvalue weighted by atomic mass is 10.1. The predicted octanol–water partition coefficient (Wildman–Crippen LogP) is 3.12. The largest absolute Gasteiger partial charge is 0.416 e. The van der Waals surface area contributed by atoms with E-state index in [1.807, 2.05) is 0 Å². The van der Waals surface area contributed by atoms with E-state index in [-0.39, 0.29) is 0 Å². The average molecular weight is 287 g/mol. The molecule has 0 saturated carbocycles. The molecule has 1 aromatic carbocycles. The van der Waals surface area contributed by atoms with Crippen LogP contribution >= 0.6 is 11.3 Å². The van der Waals surface area contributed by atoms with Gasteiger partial charge >= 0.3 is 6.18 Å². The molecule has 19 heavy (non-hydrogen) atoms. The van der Waals surface area contributed by atoms with Crippen LogP contribution in [-0.2, 0) is 12.6 Å². The van der Waals surface area contributed by atoms with Crippen LogP contribution in [0.4, 0.5) is 13.2 Å². The molecule has 1 aromatic heterocycles. The number of aryl methyl sites for hydroxylation is 1. The highest BCUT2D eigenvalue weighted by molar-refractivity contribution is 7.14. The number of benzene rings is 1. The van der Waals surface area contributed by atoms with Gasteiger partial charge in [0.25, 0.3) is 0 Å². The molecule has 2 rings (SSSR count). The lowest BCUT2D eigenvalue weighted by Crippen LogP contribution is -2.04. The maximum atomic E-state index is 12.6. The molecule has 3 nitrogen and oxygen atoms in total. The van der Waals surface area contributed by atoms with E-state index in [0.717, 1.165) is 23.6 Å². The Balaban J connectivity index is 2.24. The van der Waals surface area contributed by atoms with Crippen molar-refractivity contribution in [2.45, 2.75) is 19.0 Å². The van der Waals surface area contributed by atoms with Crippen LogP contribution < -0.4 is 5.73 Å². The second-order valence-electron chi connectivity index (χ2n) is 3.97. The third-order valence-electron chi connectivity index (χ3n) is 2.50. The van der Waals surface area contributed by atoms with E-state index in [9.17, 15) is 13.2 Å². The van der Waals surface area contributed by atoms with Gasteiger partial charge in [0.05, 0.1) is 5.56 Å². The summed E-state index contributed by atoms with van der Waals surface area (Å²) >= 11 is 1.30. The highest BCUT2D eigenvalue weighted by Crippen LogP contribution is 2.33. The summed E-state index contributed by atoms with van der Waals surface area (Å²) in [4.78, 5) is 0. The van der Waals surface area contributed by atoms with E-state index >= 15 is 0 Å². The van der Waals surface area contributed by atoms with Gasteiger partial charge in [-0.2, -0.15) is 13.2 Å². The minimum absolute atomic E-state index is 0.436. The SMILES string of the molecule is NCCCc1nnc(-c2cccc(C(F)(F)F)c2)s1. The molecule has 102 valence electrons. The number of hydrogen-bond donors (Lipinski definition) is 1. The van der Waals surface area contributed by atoms with E-state index < -0.39 is 11.7 Å². The molecule has 2 N–H and O–H groups in total. The molecule has 0 unspecified atom stereocenters. The molecule has 0 spiro atoms. The van der Waals surface area contributed by atoms with Gasteiger partial charge in [0.2, 0.25) is 0 Å². The zero-order valence-electron chi connectivity index (χ0n) is 9.94. The summed E-state index contributed by atoms with van der Waals surface area (Å²) in [5.74, 6) is 0. The molecule has 0 aliphatic carbocycles. The first-order chi connectivity index (χ1) is 9.00. The fourth-order valence-corrected chi connectivity index (χ4v) is 2.43. The Hall–Kier alpha value is -1.47. The fraction of sp³-hybridized carbons (Fsp3) is 0.333. The second-order valence-corrected chi connectivity index (χ2v) is 5.03. The van der Waals surface area contributed by atoms with Gasteiger partial charge in [-0.15, -0.1) is 10.2 Å². The van der Waals surface area contributed by atoms with Crippen molar-refractivity contribution >= 4 is 11.3 Å². The van der Waals surface area contributed by atoms with Crippen molar-refractivity contribution in [3.05, 3.63) is 34.8 Å². The third kappa shape index (κ3) is 3.51. The number of hydrogen-bond acceptors (Lipinski definition) is 4. The fourth-order valence-electron chi connectivity index (χ4n) is 1.55. The Kier molecular flexibility index (Phi) is 4.16. The van der Waals surface area contributed by atoms with Crippen LogP contribution in [0.15, 0.2) is 24.3 Å². The van der Waals surface area contributed by atoms with Crippen LogP contribution in [0, 0.1) is 0 Å². The highest BCUT2D eigenvalue weighted by atomic mass is 32.1. The highest BCUT2D eigenvalue weighted by Gasteiger charge is 2.30. The molecule has 0 saturated heterocycles. The zero-order chi connectivity index (χ0) is 13.9. The van der Waals surface area contributed by atoms with Crippen LogP contribution in [-0.4, -0.2) is 16.7 Å². The van der Waals surface area contributed by atoms with Gasteiger partial charge in [0.15, 0.2) is 0 Å². The molecule has 2 aromatic rings. The summed E-state index contributed by atoms with van der Waals surface area (Å²) in [6.07, 6.45) is -2.85. The summed E-state index contributed by atoms with van der Waals surface area (Å²) < 4.78 is 37.8. The molecule has 0 fully saturated rings. The normalized spacial score (nSPS) is 11.8. The predicted molar refractivity (Wildman–Crippen MR) is 67.7 cm³/mol. The summed E-state index contributed by atoms with van der Waals surface area (Å²) in [6.45, 7) is 0.554. The lowest BCUT2D eigenvalue weighted by molar-refractivity contribution is -0.137. The summed E-state index contributed by atoms with van der Waals surface area (Å²) in [7, 11) is 0. The molecule has 0 amide bonds. The Morgan fingerprint density at radius 2 is 2.00 bits per heavy atom. The van der Waals surface area contributed by atoms with Gasteiger partial charge in [-0.25, -0.2) is 0 Å². The number of halogens is 3. The van der Waals surface area contributed by atoms with Crippen LogP contribution in [0.1, 0.15) is 17.0 Å². The summed E-state index contributed by atoms with van der Waals surface area (Å²) in [5, 5.41) is 9.16. The van der Waals surface area contributed by atoms with Gasteiger partial charge in [0.1, 0.15) is 10.0 Å². The van der Waals surface area contributed by atoms with Crippen molar-refractivity contribution in [2.24, 2.45) is 5.73 Å². The Morgan fingerprint density at radius 3 is 2.68 bits per heavy atom. The number of alkyl halides is 3.